The van der Waals surface area contributed by atoms with Crippen LogP contribution in [0, 0.1) is 11.3 Å². The van der Waals surface area contributed by atoms with Crippen molar-refractivity contribution in [2.45, 2.75) is 95.0 Å². The summed E-state index contributed by atoms with van der Waals surface area (Å²) in [5, 5.41) is 29.0. The number of hydrogen-bond donors (Lipinski definition) is 7. The summed E-state index contributed by atoms with van der Waals surface area (Å²) >= 11 is 0. The number of likely N-dealkylation sites (tertiary alicyclic amines) is 1. The van der Waals surface area contributed by atoms with E-state index in [2.05, 4.69) is 21.3 Å². The Labute approximate surface area is 287 Å². The van der Waals surface area contributed by atoms with Crippen LogP contribution in [-0.2, 0) is 36.8 Å². The normalized spacial score (nSPS) is 17.1. The number of Topliss-reactive ketones (excluding diaryl/α,β-unsaturated/α-hetero) is 1. The summed E-state index contributed by atoms with van der Waals surface area (Å²) in [5.41, 5.74) is 7.56. The van der Waals surface area contributed by atoms with Gasteiger partial charge in [-0.25, -0.2) is 0 Å². The summed E-state index contributed by atoms with van der Waals surface area (Å²) in [4.78, 5) is 68.1. The number of carbonyl (C=O) groups excluding carboxylic acids is 5. The minimum absolute atomic E-state index is 0.0341. The molecule has 1 saturated carbocycles. The van der Waals surface area contributed by atoms with Crippen LogP contribution in [0.15, 0.2) is 60.7 Å². The van der Waals surface area contributed by atoms with Crippen LogP contribution in [0.4, 0.5) is 0 Å². The van der Waals surface area contributed by atoms with Crippen molar-refractivity contribution in [2.75, 3.05) is 13.1 Å². The predicted octanol–water partition coefficient (Wildman–Crippen LogP) is 0.930. The summed E-state index contributed by atoms with van der Waals surface area (Å²) in [6, 6.07) is 15.3. The van der Waals surface area contributed by atoms with Crippen LogP contribution in [0.1, 0.15) is 63.0 Å². The van der Waals surface area contributed by atoms with Crippen molar-refractivity contribution in [3.63, 3.8) is 0 Å². The van der Waals surface area contributed by atoms with E-state index >= 15 is 0 Å². The number of guanidine groups is 1. The number of nitrogens with two attached hydrogens (primary N) is 1. The van der Waals surface area contributed by atoms with E-state index < -0.39 is 47.7 Å². The van der Waals surface area contributed by atoms with Crippen molar-refractivity contribution in [2.24, 2.45) is 11.7 Å². The van der Waals surface area contributed by atoms with Gasteiger partial charge in [0.2, 0.25) is 23.5 Å². The van der Waals surface area contributed by atoms with Crippen LogP contribution >= 0.6 is 0 Å². The Balaban J connectivity index is 1.44. The van der Waals surface area contributed by atoms with Gasteiger partial charge in [-0.1, -0.05) is 60.7 Å². The van der Waals surface area contributed by atoms with Gasteiger partial charge in [0.1, 0.15) is 12.1 Å². The molecule has 0 spiro atoms. The number of ketones is 1. The van der Waals surface area contributed by atoms with Crippen LogP contribution in [0.3, 0.4) is 0 Å². The topological polar surface area (TPSA) is 207 Å². The summed E-state index contributed by atoms with van der Waals surface area (Å²) in [5.74, 6) is -3.46. The third-order valence-electron chi connectivity index (χ3n) is 9.06. The average molecular weight is 676 g/mol. The molecule has 2 aliphatic rings. The summed E-state index contributed by atoms with van der Waals surface area (Å²) in [6.45, 7) is 2.36. The monoisotopic (exact) mass is 675 g/mol. The zero-order valence-electron chi connectivity index (χ0n) is 28.0. The lowest BCUT2D eigenvalue weighted by molar-refractivity contribution is -0.141. The number of hydrogen-bond acceptors (Lipinski definition) is 7. The molecule has 1 saturated heterocycles. The third-order valence-corrected chi connectivity index (χ3v) is 9.06. The van der Waals surface area contributed by atoms with E-state index in [1.165, 1.54) is 6.92 Å². The number of amides is 4. The summed E-state index contributed by atoms with van der Waals surface area (Å²) in [6.07, 6.45) is 2.93. The van der Waals surface area contributed by atoms with Gasteiger partial charge in [-0.3, -0.25) is 29.4 Å². The van der Waals surface area contributed by atoms with E-state index in [4.69, 9.17) is 11.1 Å². The Kier molecular flexibility index (Phi) is 13.7. The molecular weight excluding hydrogens is 626 g/mol. The van der Waals surface area contributed by atoms with E-state index in [-0.39, 0.29) is 43.1 Å². The first-order valence-corrected chi connectivity index (χ1v) is 17.1. The smallest absolute Gasteiger partial charge is 0.289 e. The number of nitrogens with one attached hydrogen (secondary N) is 5. The van der Waals surface area contributed by atoms with Crippen LogP contribution in [0.25, 0.3) is 0 Å². The van der Waals surface area contributed by atoms with E-state index in [9.17, 15) is 29.1 Å². The predicted molar refractivity (Wildman–Crippen MR) is 184 cm³/mol. The molecule has 0 bridgehead atoms. The molecule has 4 amide bonds. The lowest BCUT2D eigenvalue weighted by Crippen LogP contribution is -2.60. The van der Waals surface area contributed by atoms with Crippen LogP contribution < -0.4 is 27.0 Å². The van der Waals surface area contributed by atoms with Gasteiger partial charge in [0, 0.05) is 25.6 Å². The number of aliphatic hydroxyl groups is 1. The van der Waals surface area contributed by atoms with E-state index in [1.54, 1.807) is 4.90 Å². The molecule has 2 unspecified atom stereocenters. The van der Waals surface area contributed by atoms with Crippen molar-refractivity contribution in [3.05, 3.63) is 71.8 Å². The van der Waals surface area contributed by atoms with Gasteiger partial charge < -0.3 is 37.0 Å². The van der Waals surface area contributed by atoms with Crippen LogP contribution in [0.2, 0.25) is 0 Å². The number of benzene rings is 2. The Bertz CT molecular complexity index is 1440. The molecule has 13 heteroatoms. The quantitative estimate of drug-likeness (QED) is 0.0728. The maximum atomic E-state index is 13.7. The van der Waals surface area contributed by atoms with Crippen molar-refractivity contribution < 1.29 is 29.1 Å². The van der Waals surface area contributed by atoms with Crippen molar-refractivity contribution in [1.82, 2.24) is 26.2 Å². The zero-order valence-corrected chi connectivity index (χ0v) is 28.0. The average Bonchev–Trinajstić information content (AvgIpc) is 3.92. The van der Waals surface area contributed by atoms with E-state index in [0.29, 0.717) is 38.8 Å². The lowest BCUT2D eigenvalue weighted by atomic mass is 9.88. The largest absolute Gasteiger partial charge is 0.391 e. The highest BCUT2D eigenvalue weighted by molar-refractivity contribution is 6.38. The van der Waals surface area contributed by atoms with Crippen LogP contribution in [0.5, 0.6) is 0 Å². The maximum Gasteiger partial charge on any atom is 0.289 e. The van der Waals surface area contributed by atoms with Gasteiger partial charge in [-0.05, 0) is 75.3 Å². The Morgan fingerprint density at radius 3 is 1.98 bits per heavy atom. The summed E-state index contributed by atoms with van der Waals surface area (Å²) in [7, 11) is 0. The molecule has 1 heterocycles. The molecule has 0 radical (unpaired) electrons. The second kappa shape index (κ2) is 18.1. The highest BCUT2D eigenvalue weighted by Gasteiger charge is 2.37. The third kappa shape index (κ3) is 12.0. The molecule has 1 aliphatic carbocycles. The molecule has 49 heavy (non-hydrogen) atoms. The highest BCUT2D eigenvalue weighted by Crippen LogP contribution is 2.23. The number of piperidine rings is 1. The number of carbonyl (C=O) groups is 5. The molecule has 1 aliphatic heterocycles. The maximum absolute atomic E-state index is 13.7. The molecule has 13 nitrogen and oxygen atoms in total. The van der Waals surface area contributed by atoms with Gasteiger partial charge in [-0.15, -0.1) is 0 Å². The molecule has 264 valence electrons. The van der Waals surface area contributed by atoms with Crippen LogP contribution in [-0.4, -0.2) is 88.7 Å². The fourth-order valence-corrected chi connectivity index (χ4v) is 5.93. The number of aryl methyl sites for hydroxylation is 2. The molecule has 2 aromatic rings. The fourth-order valence-electron chi connectivity index (χ4n) is 5.93. The number of aliphatic hydroxyl groups excluding tert-OH is 1. The first-order chi connectivity index (χ1) is 23.5. The van der Waals surface area contributed by atoms with Crippen molar-refractivity contribution in [3.8, 4) is 0 Å². The Morgan fingerprint density at radius 2 is 1.43 bits per heavy atom. The molecule has 4 atom stereocenters. The Morgan fingerprint density at radius 1 is 0.837 bits per heavy atom. The molecule has 2 aromatic carbocycles. The fraction of sp³-hybridized carbons (Fsp3) is 0.500. The molecule has 8 N–H and O–H groups in total. The molecule has 2 fully saturated rings. The minimum Gasteiger partial charge on any atom is -0.391 e. The highest BCUT2D eigenvalue weighted by atomic mass is 16.3. The van der Waals surface area contributed by atoms with Gasteiger partial charge in [0.25, 0.3) is 5.91 Å². The standard InChI is InChI=1S/C36H49N7O6/c1-23(44)31(34(48)41-29(32(46)35(49)39-27-14-15-27)22-26-18-20-43(21-19-26)36(37)38)42-33(47)28(16-12-24-8-4-2-5-9-24)40-30(45)17-13-25-10-6-3-7-11-25/h2-11,23,26-29,31,44H,12-22H2,1H3,(H3,37,38)(H,39,49)(H,40,45)(H,41,48)(H,42,47)/t23-,28?,29?,31+/m1/s1. The first kappa shape index (κ1) is 37.0. The molecule has 0 aromatic heterocycles. The minimum atomic E-state index is -1.46. The SMILES string of the molecule is C[C@@H](O)[C@H](NC(=O)C(CCc1ccccc1)NC(=O)CCc1ccccc1)C(=O)NC(CC1CCN(C(=N)N)CC1)C(=O)C(=O)NC1CC1. The number of rotatable bonds is 17. The van der Waals surface area contributed by atoms with E-state index in [1.807, 2.05) is 60.7 Å². The second-order valence-corrected chi connectivity index (χ2v) is 13.1. The zero-order chi connectivity index (χ0) is 35.3. The van der Waals surface area contributed by atoms with Gasteiger partial charge >= 0.3 is 0 Å². The molecular formula is C36H49N7O6. The Hall–Kier alpha value is -4.78. The first-order valence-electron chi connectivity index (χ1n) is 17.1. The second-order valence-electron chi connectivity index (χ2n) is 13.1. The molecule has 4 rings (SSSR count). The number of nitrogens with zero attached hydrogens (tertiary/aromatic N) is 1. The van der Waals surface area contributed by atoms with Gasteiger partial charge in [0.05, 0.1) is 12.1 Å². The van der Waals surface area contributed by atoms with Crippen molar-refractivity contribution in [1.29, 1.82) is 5.41 Å². The summed E-state index contributed by atoms with van der Waals surface area (Å²) < 4.78 is 0. The van der Waals surface area contributed by atoms with Gasteiger partial charge in [0.15, 0.2) is 5.96 Å². The van der Waals surface area contributed by atoms with Crippen molar-refractivity contribution >= 4 is 35.4 Å². The van der Waals surface area contributed by atoms with Gasteiger partial charge in [-0.2, -0.15) is 0 Å². The van der Waals surface area contributed by atoms with E-state index in [0.717, 1.165) is 24.0 Å². The lowest BCUT2D eigenvalue weighted by Gasteiger charge is -2.34.